The van der Waals surface area contributed by atoms with Crippen molar-refractivity contribution in [2.45, 2.75) is 25.8 Å². The fourth-order valence-corrected chi connectivity index (χ4v) is 1.06. The molecule has 0 aliphatic heterocycles. The molecule has 1 aromatic heterocycles. The number of hydrogen-bond donors (Lipinski definition) is 2. The van der Waals surface area contributed by atoms with Gasteiger partial charge in [-0.05, 0) is 13.3 Å². The van der Waals surface area contributed by atoms with Crippen LogP contribution in [0.1, 0.15) is 25.8 Å². The van der Waals surface area contributed by atoms with Crippen LogP contribution in [0.25, 0.3) is 0 Å². The van der Waals surface area contributed by atoms with Gasteiger partial charge in [-0.15, -0.1) is 0 Å². The minimum atomic E-state index is -0.738. The van der Waals surface area contributed by atoms with Gasteiger partial charge in [-0.1, -0.05) is 0 Å². The summed E-state index contributed by atoms with van der Waals surface area (Å²) in [6, 6.07) is 0.243. The van der Waals surface area contributed by atoms with Crippen LogP contribution in [0, 0.1) is 0 Å². The Morgan fingerprint density at radius 2 is 2.50 bits per heavy atom. The standard InChI is InChI=1S/C8H12N2O2/c1-7(2-3-8(11)12)10-5-4-9-6-10/h4-7H,2-3H2,1H3,(H,11,12)/p+1. The van der Waals surface area contributed by atoms with Crippen molar-refractivity contribution in [3.63, 3.8) is 0 Å². The molecule has 66 valence electrons. The number of carbonyl (C=O) groups is 1. The molecule has 2 N–H and O–H groups in total. The number of nitrogens with zero attached hydrogens (tertiary/aromatic N) is 1. The topological polar surface area (TPSA) is 57.0 Å². The zero-order valence-corrected chi connectivity index (χ0v) is 7.03. The molecule has 0 saturated heterocycles. The largest absolute Gasteiger partial charge is 0.481 e. The zero-order chi connectivity index (χ0) is 8.97. The Morgan fingerprint density at radius 3 is 3.00 bits per heavy atom. The molecule has 0 aliphatic rings. The van der Waals surface area contributed by atoms with E-state index in [1.807, 2.05) is 30.2 Å². The maximum absolute atomic E-state index is 10.3. The van der Waals surface area contributed by atoms with Crippen molar-refractivity contribution in [2.24, 2.45) is 0 Å². The molecule has 1 heterocycles. The predicted molar refractivity (Wildman–Crippen MR) is 42.6 cm³/mol. The third-order valence-corrected chi connectivity index (χ3v) is 1.85. The molecular weight excluding hydrogens is 156 g/mol. The SMILES string of the molecule is CC(CCC(=O)O)[n+]1cc[nH]c1. The third kappa shape index (κ3) is 2.38. The van der Waals surface area contributed by atoms with Gasteiger partial charge in [-0.3, -0.25) is 9.78 Å². The van der Waals surface area contributed by atoms with Crippen molar-refractivity contribution < 1.29 is 14.5 Å². The van der Waals surface area contributed by atoms with Gasteiger partial charge >= 0.3 is 5.97 Å². The Hall–Kier alpha value is -1.32. The second-order valence-electron chi connectivity index (χ2n) is 2.84. The third-order valence-electron chi connectivity index (χ3n) is 1.85. The molecule has 0 bridgehead atoms. The second kappa shape index (κ2) is 3.90. The Morgan fingerprint density at radius 1 is 1.75 bits per heavy atom. The summed E-state index contributed by atoms with van der Waals surface area (Å²) in [5, 5.41) is 8.44. The Bertz CT molecular complexity index is 244. The van der Waals surface area contributed by atoms with Crippen LogP contribution in [0.2, 0.25) is 0 Å². The number of aromatic nitrogens is 2. The Kier molecular flexibility index (Phi) is 2.85. The second-order valence-corrected chi connectivity index (χ2v) is 2.84. The number of nitrogens with one attached hydrogen (secondary N) is 1. The smallest absolute Gasteiger partial charge is 0.303 e. The fraction of sp³-hybridized carbons (Fsp3) is 0.500. The van der Waals surface area contributed by atoms with E-state index in [-0.39, 0.29) is 12.5 Å². The molecule has 0 spiro atoms. The summed E-state index contributed by atoms with van der Waals surface area (Å²) in [4.78, 5) is 13.2. The van der Waals surface area contributed by atoms with Gasteiger partial charge in [0.25, 0.3) is 0 Å². The summed E-state index contributed by atoms with van der Waals surface area (Å²) in [7, 11) is 0. The molecule has 1 unspecified atom stereocenters. The van der Waals surface area contributed by atoms with E-state index < -0.39 is 5.97 Å². The van der Waals surface area contributed by atoms with E-state index >= 15 is 0 Å². The molecule has 1 rings (SSSR count). The number of carboxylic acids is 1. The Balaban J connectivity index is 2.39. The molecule has 12 heavy (non-hydrogen) atoms. The maximum atomic E-state index is 10.3. The number of imidazole rings is 1. The van der Waals surface area contributed by atoms with Crippen LogP contribution in [-0.4, -0.2) is 16.1 Å². The molecule has 1 atom stereocenters. The van der Waals surface area contributed by atoms with E-state index in [2.05, 4.69) is 4.98 Å². The Labute approximate surface area is 70.9 Å². The highest BCUT2D eigenvalue weighted by molar-refractivity contribution is 5.66. The average Bonchev–Trinajstić information content (AvgIpc) is 2.51. The molecule has 0 saturated carbocycles. The van der Waals surface area contributed by atoms with E-state index in [4.69, 9.17) is 5.11 Å². The predicted octanol–water partition coefficient (Wildman–Crippen LogP) is 0.728. The first kappa shape index (κ1) is 8.77. The molecule has 0 radical (unpaired) electrons. The zero-order valence-electron chi connectivity index (χ0n) is 7.03. The highest BCUT2D eigenvalue weighted by Gasteiger charge is 2.10. The molecule has 0 aromatic carbocycles. The highest BCUT2D eigenvalue weighted by atomic mass is 16.4. The van der Waals surface area contributed by atoms with Crippen LogP contribution in [-0.2, 0) is 4.79 Å². The van der Waals surface area contributed by atoms with Gasteiger partial charge in [-0.25, -0.2) is 4.57 Å². The molecule has 0 amide bonds. The first-order chi connectivity index (χ1) is 5.70. The summed E-state index contributed by atoms with van der Waals surface area (Å²) < 4.78 is 1.96. The average molecular weight is 169 g/mol. The van der Waals surface area contributed by atoms with Crippen molar-refractivity contribution in [1.82, 2.24) is 4.98 Å². The van der Waals surface area contributed by atoms with Crippen LogP contribution in [0.5, 0.6) is 0 Å². The van der Waals surface area contributed by atoms with Gasteiger partial charge in [0.05, 0.1) is 6.04 Å². The molecule has 1 aromatic rings. The highest BCUT2D eigenvalue weighted by Crippen LogP contribution is 2.03. The molecule has 4 nitrogen and oxygen atoms in total. The summed E-state index contributed by atoms with van der Waals surface area (Å²) >= 11 is 0. The lowest BCUT2D eigenvalue weighted by molar-refractivity contribution is -0.719. The fourth-order valence-electron chi connectivity index (χ4n) is 1.06. The molecule has 4 heteroatoms. The number of hydrogen-bond acceptors (Lipinski definition) is 1. The summed E-state index contributed by atoms with van der Waals surface area (Å²) in [5.41, 5.74) is 0. The van der Waals surface area contributed by atoms with Gasteiger partial charge in [0.2, 0.25) is 6.33 Å². The summed E-state index contributed by atoms with van der Waals surface area (Å²) in [5.74, 6) is -0.738. The maximum Gasteiger partial charge on any atom is 0.303 e. The van der Waals surface area contributed by atoms with E-state index in [0.29, 0.717) is 6.42 Å². The lowest BCUT2D eigenvalue weighted by Crippen LogP contribution is -2.35. The number of carboxylic acid groups (broad SMARTS) is 1. The van der Waals surface area contributed by atoms with Crippen LogP contribution in [0.4, 0.5) is 0 Å². The van der Waals surface area contributed by atoms with Crippen LogP contribution < -0.4 is 4.57 Å². The van der Waals surface area contributed by atoms with Gasteiger partial charge in [0.1, 0.15) is 12.4 Å². The van der Waals surface area contributed by atoms with E-state index in [0.717, 1.165) is 0 Å². The number of aliphatic carboxylic acids is 1. The molecular formula is C8H13N2O2+. The van der Waals surface area contributed by atoms with Crippen molar-refractivity contribution in [3.8, 4) is 0 Å². The lowest BCUT2D eigenvalue weighted by atomic mass is 10.2. The van der Waals surface area contributed by atoms with Crippen LogP contribution in [0.3, 0.4) is 0 Å². The van der Waals surface area contributed by atoms with Gasteiger partial charge in [-0.2, -0.15) is 0 Å². The normalized spacial score (nSPS) is 12.8. The van der Waals surface area contributed by atoms with Gasteiger partial charge in [0, 0.05) is 6.42 Å². The van der Waals surface area contributed by atoms with Crippen LogP contribution in [0.15, 0.2) is 18.7 Å². The van der Waals surface area contributed by atoms with Crippen molar-refractivity contribution in [1.29, 1.82) is 0 Å². The van der Waals surface area contributed by atoms with E-state index in [9.17, 15) is 4.79 Å². The van der Waals surface area contributed by atoms with Gasteiger partial charge in [0.15, 0.2) is 0 Å². The minimum Gasteiger partial charge on any atom is -0.481 e. The first-order valence-electron chi connectivity index (χ1n) is 3.95. The van der Waals surface area contributed by atoms with Crippen molar-refractivity contribution in [3.05, 3.63) is 18.7 Å². The van der Waals surface area contributed by atoms with Crippen molar-refractivity contribution >= 4 is 5.97 Å². The quantitative estimate of drug-likeness (QED) is 0.653. The van der Waals surface area contributed by atoms with Crippen molar-refractivity contribution in [2.75, 3.05) is 0 Å². The van der Waals surface area contributed by atoms with Crippen LogP contribution >= 0.6 is 0 Å². The lowest BCUT2D eigenvalue weighted by Gasteiger charge is -2.04. The monoisotopic (exact) mass is 169 g/mol. The van der Waals surface area contributed by atoms with Gasteiger partial charge < -0.3 is 5.11 Å². The summed E-state index contributed by atoms with van der Waals surface area (Å²) in [6.07, 6.45) is 6.42. The van der Waals surface area contributed by atoms with E-state index in [1.165, 1.54) is 0 Å². The summed E-state index contributed by atoms with van der Waals surface area (Å²) in [6.45, 7) is 2.00. The number of aromatic amines is 1. The molecule has 0 fully saturated rings. The van der Waals surface area contributed by atoms with E-state index in [1.54, 1.807) is 0 Å². The minimum absolute atomic E-state index is 0.222. The number of rotatable bonds is 4. The molecule has 0 aliphatic carbocycles. The number of H-pyrrole nitrogens is 1. The first-order valence-corrected chi connectivity index (χ1v) is 3.95.